The number of amides is 1. The molecule has 28 heavy (non-hydrogen) atoms. The van der Waals surface area contributed by atoms with Crippen LogP contribution in [0, 0.1) is 6.92 Å². The third-order valence-electron chi connectivity index (χ3n) is 4.63. The number of para-hydroxylation sites is 1. The number of thiophene rings is 1. The van der Waals surface area contributed by atoms with Gasteiger partial charge < -0.3 is 10.1 Å². The molecule has 1 N–H and O–H groups in total. The molecule has 2 aromatic carbocycles. The van der Waals surface area contributed by atoms with Gasteiger partial charge in [0.05, 0.1) is 23.4 Å². The number of hydrogen-bond acceptors (Lipinski definition) is 4. The van der Waals surface area contributed by atoms with Crippen molar-refractivity contribution < 1.29 is 9.53 Å². The third kappa shape index (κ3) is 3.64. The maximum Gasteiger partial charge on any atom is 0.261 e. The third-order valence-corrected chi connectivity index (χ3v) is 5.74. The predicted molar refractivity (Wildman–Crippen MR) is 113 cm³/mol. The van der Waals surface area contributed by atoms with E-state index < -0.39 is 0 Å². The second-order valence-corrected chi connectivity index (χ2v) is 7.55. The summed E-state index contributed by atoms with van der Waals surface area (Å²) < 4.78 is 7.07. The zero-order valence-corrected chi connectivity index (χ0v) is 16.6. The molecule has 6 heteroatoms. The van der Waals surface area contributed by atoms with Gasteiger partial charge in [-0.3, -0.25) is 4.79 Å². The van der Waals surface area contributed by atoms with Crippen molar-refractivity contribution >= 4 is 27.5 Å². The molecule has 2 aromatic heterocycles. The molecule has 0 aliphatic carbocycles. The summed E-state index contributed by atoms with van der Waals surface area (Å²) in [5, 5.41) is 8.66. The average molecular weight is 391 g/mol. The number of ether oxygens (including phenoxy) is 1. The monoisotopic (exact) mass is 391 g/mol. The lowest BCUT2D eigenvalue weighted by molar-refractivity contribution is 0.0958. The van der Waals surface area contributed by atoms with Gasteiger partial charge in [0.1, 0.15) is 10.6 Å². The first kappa shape index (κ1) is 18.3. The highest BCUT2D eigenvalue weighted by Crippen LogP contribution is 2.30. The van der Waals surface area contributed by atoms with Crippen molar-refractivity contribution in [2.45, 2.75) is 13.3 Å². The van der Waals surface area contributed by atoms with E-state index in [0.717, 1.165) is 39.3 Å². The number of aryl methyl sites for hydroxylation is 1. The van der Waals surface area contributed by atoms with Crippen molar-refractivity contribution in [3.63, 3.8) is 0 Å². The van der Waals surface area contributed by atoms with Gasteiger partial charge in [0.15, 0.2) is 0 Å². The Balaban J connectivity index is 1.47. The largest absolute Gasteiger partial charge is 0.497 e. The number of benzene rings is 2. The lowest BCUT2D eigenvalue weighted by Crippen LogP contribution is -2.24. The lowest BCUT2D eigenvalue weighted by Gasteiger charge is -2.05. The fraction of sp³-hybridized carbons (Fsp3) is 0.182. The summed E-state index contributed by atoms with van der Waals surface area (Å²) in [6, 6.07) is 19.8. The van der Waals surface area contributed by atoms with Gasteiger partial charge >= 0.3 is 0 Å². The van der Waals surface area contributed by atoms with Crippen molar-refractivity contribution in [2.75, 3.05) is 13.7 Å². The van der Waals surface area contributed by atoms with Crippen molar-refractivity contribution in [1.29, 1.82) is 0 Å². The molecule has 0 atom stereocenters. The molecule has 0 aliphatic rings. The molecule has 0 radical (unpaired) electrons. The Morgan fingerprint density at radius 2 is 1.89 bits per heavy atom. The summed E-state index contributed by atoms with van der Waals surface area (Å²) in [6.07, 6.45) is 0.775. The minimum absolute atomic E-state index is 0.0475. The summed E-state index contributed by atoms with van der Waals surface area (Å²) in [4.78, 5) is 14.3. The lowest BCUT2D eigenvalue weighted by atomic mass is 10.1. The van der Waals surface area contributed by atoms with Gasteiger partial charge in [-0.15, -0.1) is 11.3 Å². The van der Waals surface area contributed by atoms with Gasteiger partial charge in [0.25, 0.3) is 5.91 Å². The SMILES string of the molecule is COc1ccc(CCNC(=O)c2cc3c(C)nn(-c4ccccc4)c3s2)cc1. The molecule has 0 bridgehead atoms. The molecule has 0 fully saturated rings. The molecule has 2 heterocycles. The maximum absolute atomic E-state index is 12.6. The van der Waals surface area contributed by atoms with Crippen LogP contribution in [-0.4, -0.2) is 29.3 Å². The minimum Gasteiger partial charge on any atom is -0.497 e. The number of methoxy groups -OCH3 is 1. The number of nitrogens with one attached hydrogen (secondary N) is 1. The molecule has 0 saturated carbocycles. The molecule has 0 aliphatic heterocycles. The molecule has 0 saturated heterocycles. The Kier molecular flexibility index (Phi) is 5.12. The van der Waals surface area contributed by atoms with Crippen LogP contribution < -0.4 is 10.1 Å². The summed E-state index contributed by atoms with van der Waals surface area (Å²) in [5.74, 6) is 0.787. The second kappa shape index (κ2) is 7.86. The smallest absolute Gasteiger partial charge is 0.261 e. The van der Waals surface area contributed by atoms with E-state index in [9.17, 15) is 4.79 Å². The Labute approximate surface area is 167 Å². The van der Waals surface area contributed by atoms with E-state index in [1.54, 1.807) is 7.11 Å². The van der Waals surface area contributed by atoms with Crippen LogP contribution in [-0.2, 0) is 6.42 Å². The van der Waals surface area contributed by atoms with Gasteiger partial charge in [-0.2, -0.15) is 5.10 Å². The summed E-state index contributed by atoms with van der Waals surface area (Å²) >= 11 is 1.47. The van der Waals surface area contributed by atoms with Crippen molar-refractivity contribution in [2.24, 2.45) is 0 Å². The van der Waals surface area contributed by atoms with E-state index in [4.69, 9.17) is 4.74 Å². The van der Waals surface area contributed by atoms with Crippen LogP contribution in [0.2, 0.25) is 0 Å². The zero-order chi connectivity index (χ0) is 19.5. The van der Waals surface area contributed by atoms with Crippen molar-refractivity contribution in [3.05, 3.63) is 76.8 Å². The number of carbonyl (C=O) groups excluding carboxylic acids is 1. The van der Waals surface area contributed by atoms with Gasteiger partial charge in [-0.25, -0.2) is 4.68 Å². The number of hydrogen-bond donors (Lipinski definition) is 1. The van der Waals surface area contributed by atoms with E-state index in [1.165, 1.54) is 11.3 Å². The van der Waals surface area contributed by atoms with E-state index in [1.807, 2.05) is 72.3 Å². The number of carbonyl (C=O) groups is 1. The summed E-state index contributed by atoms with van der Waals surface area (Å²) in [7, 11) is 1.65. The minimum atomic E-state index is -0.0475. The Morgan fingerprint density at radius 3 is 2.61 bits per heavy atom. The topological polar surface area (TPSA) is 56.1 Å². The molecule has 142 valence electrons. The fourth-order valence-corrected chi connectivity index (χ4v) is 4.20. The number of nitrogens with zero attached hydrogens (tertiary/aromatic N) is 2. The van der Waals surface area contributed by atoms with Crippen LogP contribution in [0.3, 0.4) is 0 Å². The molecule has 5 nitrogen and oxygen atoms in total. The molecular formula is C22H21N3O2S. The maximum atomic E-state index is 12.6. The zero-order valence-electron chi connectivity index (χ0n) is 15.8. The standard InChI is InChI=1S/C22H21N3O2S/c1-15-19-14-20(28-22(19)25(24-15)17-6-4-3-5-7-17)21(26)23-13-12-16-8-10-18(27-2)11-9-16/h3-11,14H,12-13H2,1-2H3,(H,23,26). The Hall–Kier alpha value is -3.12. The van der Waals surface area contributed by atoms with Gasteiger partial charge in [-0.1, -0.05) is 30.3 Å². The van der Waals surface area contributed by atoms with E-state index in [-0.39, 0.29) is 5.91 Å². The van der Waals surface area contributed by atoms with Crippen LogP contribution >= 0.6 is 11.3 Å². The summed E-state index contributed by atoms with van der Waals surface area (Å²) in [5.41, 5.74) is 3.08. The fourth-order valence-electron chi connectivity index (χ4n) is 3.10. The Bertz CT molecular complexity index is 1100. The predicted octanol–water partition coefficient (Wildman–Crippen LogP) is 4.38. The summed E-state index contributed by atoms with van der Waals surface area (Å²) in [6.45, 7) is 2.56. The van der Waals surface area contributed by atoms with Crippen molar-refractivity contribution in [1.82, 2.24) is 15.1 Å². The van der Waals surface area contributed by atoms with E-state index in [2.05, 4.69) is 10.4 Å². The molecule has 4 aromatic rings. The number of rotatable bonds is 6. The highest BCUT2D eigenvalue weighted by Gasteiger charge is 2.16. The first-order chi connectivity index (χ1) is 13.7. The van der Waals surface area contributed by atoms with Crippen LogP contribution in [0.1, 0.15) is 20.9 Å². The van der Waals surface area contributed by atoms with Crippen LogP contribution in [0.15, 0.2) is 60.7 Å². The highest BCUT2D eigenvalue weighted by molar-refractivity contribution is 7.20. The average Bonchev–Trinajstić information content (AvgIpc) is 3.30. The van der Waals surface area contributed by atoms with E-state index in [0.29, 0.717) is 11.4 Å². The number of fused-ring (bicyclic) bond motifs is 1. The second-order valence-electron chi connectivity index (χ2n) is 6.52. The molecule has 4 rings (SSSR count). The highest BCUT2D eigenvalue weighted by atomic mass is 32.1. The van der Waals surface area contributed by atoms with Gasteiger partial charge in [0, 0.05) is 11.9 Å². The van der Waals surface area contributed by atoms with Gasteiger partial charge in [0.2, 0.25) is 0 Å². The van der Waals surface area contributed by atoms with E-state index >= 15 is 0 Å². The Morgan fingerprint density at radius 1 is 1.14 bits per heavy atom. The molecule has 1 amide bonds. The first-order valence-corrected chi connectivity index (χ1v) is 9.93. The van der Waals surface area contributed by atoms with Crippen molar-refractivity contribution in [3.8, 4) is 11.4 Å². The first-order valence-electron chi connectivity index (χ1n) is 9.11. The quantitative estimate of drug-likeness (QED) is 0.531. The molecular weight excluding hydrogens is 370 g/mol. The number of aromatic nitrogens is 2. The normalized spacial score (nSPS) is 10.9. The molecule has 0 unspecified atom stereocenters. The van der Waals surface area contributed by atoms with Crippen LogP contribution in [0.5, 0.6) is 5.75 Å². The van der Waals surface area contributed by atoms with Crippen LogP contribution in [0.4, 0.5) is 0 Å². The van der Waals surface area contributed by atoms with Gasteiger partial charge in [-0.05, 0) is 49.2 Å². The van der Waals surface area contributed by atoms with Crippen LogP contribution in [0.25, 0.3) is 15.9 Å². The molecule has 0 spiro atoms.